The van der Waals surface area contributed by atoms with E-state index in [0.717, 1.165) is 5.56 Å². The van der Waals surface area contributed by atoms with Crippen molar-refractivity contribution in [2.24, 2.45) is 5.73 Å². The van der Waals surface area contributed by atoms with Crippen molar-refractivity contribution in [2.75, 3.05) is 7.05 Å². The second-order valence-corrected chi connectivity index (χ2v) is 8.16. The molecule has 1 heterocycles. The molecule has 3 rings (SSSR count). The monoisotopic (exact) mass is 428 g/mol. The Balaban J connectivity index is 1.73. The zero-order chi connectivity index (χ0) is 21.9. The van der Waals surface area contributed by atoms with E-state index in [1.807, 2.05) is 0 Å². The van der Waals surface area contributed by atoms with Crippen molar-refractivity contribution in [1.82, 2.24) is 25.0 Å². The molecular formula is C19H20N6O4S. The lowest BCUT2D eigenvalue weighted by atomic mass is 10.1. The minimum atomic E-state index is -3.79. The molecule has 11 heteroatoms. The molecule has 0 saturated heterocycles. The predicted molar refractivity (Wildman–Crippen MR) is 108 cm³/mol. The standard InChI is InChI=1S/C19H20N6O4S/c1-12(23-30(28,29)16-9-5-14(6-10-16)19(27)21-2)13-3-7-15(8-4-13)25-11-17(18(20)26)22-24-25/h3-12,23H,1-2H3,(H2,20,26)(H,21,27). The van der Waals surface area contributed by atoms with Gasteiger partial charge in [-0.3, -0.25) is 9.59 Å². The summed E-state index contributed by atoms with van der Waals surface area (Å²) in [5.74, 6) is -0.972. The average molecular weight is 428 g/mol. The van der Waals surface area contributed by atoms with E-state index in [9.17, 15) is 18.0 Å². The Labute approximate surface area is 173 Å². The summed E-state index contributed by atoms with van der Waals surface area (Å²) in [5, 5.41) is 9.99. The maximum absolute atomic E-state index is 12.6. The largest absolute Gasteiger partial charge is 0.364 e. The van der Waals surface area contributed by atoms with Crippen molar-refractivity contribution in [1.29, 1.82) is 0 Å². The number of aromatic nitrogens is 3. The predicted octanol–water partition coefficient (Wildman–Crippen LogP) is 0.765. The third-order valence-corrected chi connectivity index (χ3v) is 5.95. The van der Waals surface area contributed by atoms with Gasteiger partial charge >= 0.3 is 0 Å². The molecule has 0 spiro atoms. The van der Waals surface area contributed by atoms with Crippen LogP contribution in [0.2, 0.25) is 0 Å². The van der Waals surface area contributed by atoms with E-state index in [0.29, 0.717) is 11.3 Å². The van der Waals surface area contributed by atoms with Crippen molar-refractivity contribution in [3.63, 3.8) is 0 Å². The number of nitrogens with two attached hydrogens (primary N) is 1. The molecule has 2 aromatic carbocycles. The first kappa shape index (κ1) is 21.1. The lowest BCUT2D eigenvalue weighted by molar-refractivity contribution is 0.0961. The number of nitrogens with zero attached hydrogens (tertiary/aromatic N) is 3. The maximum Gasteiger partial charge on any atom is 0.270 e. The average Bonchev–Trinajstić information content (AvgIpc) is 3.24. The topological polar surface area (TPSA) is 149 Å². The molecule has 4 N–H and O–H groups in total. The fourth-order valence-corrected chi connectivity index (χ4v) is 3.95. The minimum absolute atomic E-state index is 0.0441. The van der Waals surface area contributed by atoms with Crippen LogP contribution in [0.25, 0.3) is 5.69 Å². The van der Waals surface area contributed by atoms with Gasteiger partial charge in [-0.05, 0) is 48.9 Å². The van der Waals surface area contributed by atoms with Crippen molar-refractivity contribution in [2.45, 2.75) is 17.9 Å². The Morgan fingerprint density at radius 3 is 2.23 bits per heavy atom. The zero-order valence-electron chi connectivity index (χ0n) is 16.2. The number of rotatable bonds is 7. The summed E-state index contributed by atoms with van der Waals surface area (Å²) in [7, 11) is -2.28. The summed E-state index contributed by atoms with van der Waals surface area (Å²) in [6.45, 7) is 1.71. The molecule has 1 atom stereocenters. The first-order valence-corrected chi connectivity index (χ1v) is 10.4. The van der Waals surface area contributed by atoms with Gasteiger partial charge in [-0.15, -0.1) is 5.10 Å². The van der Waals surface area contributed by atoms with Crippen molar-refractivity contribution in [3.8, 4) is 5.69 Å². The third-order valence-electron chi connectivity index (χ3n) is 4.39. The molecule has 156 valence electrons. The van der Waals surface area contributed by atoms with Gasteiger partial charge in [0.1, 0.15) is 0 Å². The van der Waals surface area contributed by atoms with E-state index in [2.05, 4.69) is 20.4 Å². The Morgan fingerprint density at radius 2 is 1.70 bits per heavy atom. The van der Waals surface area contributed by atoms with E-state index in [1.165, 1.54) is 42.2 Å². The van der Waals surface area contributed by atoms with Gasteiger partial charge in [0, 0.05) is 18.7 Å². The highest BCUT2D eigenvalue weighted by atomic mass is 32.2. The van der Waals surface area contributed by atoms with E-state index in [4.69, 9.17) is 5.73 Å². The highest BCUT2D eigenvalue weighted by molar-refractivity contribution is 7.89. The van der Waals surface area contributed by atoms with Crippen molar-refractivity contribution in [3.05, 3.63) is 71.5 Å². The summed E-state index contributed by atoms with van der Waals surface area (Å²) in [5.41, 5.74) is 6.94. The van der Waals surface area contributed by atoms with Crippen LogP contribution in [0, 0.1) is 0 Å². The zero-order valence-corrected chi connectivity index (χ0v) is 17.1. The molecule has 0 bridgehead atoms. The van der Waals surface area contributed by atoms with Gasteiger partial charge in [-0.2, -0.15) is 0 Å². The SMILES string of the molecule is CNC(=O)c1ccc(S(=O)(=O)NC(C)c2ccc(-n3cc(C(N)=O)nn3)cc2)cc1. The molecule has 3 aromatic rings. The lowest BCUT2D eigenvalue weighted by Gasteiger charge is -2.15. The molecule has 0 aliphatic rings. The fraction of sp³-hybridized carbons (Fsp3) is 0.158. The number of hydrogen-bond donors (Lipinski definition) is 3. The number of benzene rings is 2. The molecule has 1 unspecified atom stereocenters. The van der Waals surface area contributed by atoms with Crippen LogP contribution in [0.3, 0.4) is 0 Å². The Bertz CT molecular complexity index is 1170. The maximum atomic E-state index is 12.6. The molecule has 10 nitrogen and oxygen atoms in total. The first-order valence-electron chi connectivity index (χ1n) is 8.88. The van der Waals surface area contributed by atoms with Crippen LogP contribution < -0.4 is 15.8 Å². The van der Waals surface area contributed by atoms with E-state index < -0.39 is 22.0 Å². The van der Waals surface area contributed by atoms with Gasteiger partial charge < -0.3 is 11.1 Å². The second kappa shape index (κ2) is 8.43. The number of sulfonamides is 1. The minimum Gasteiger partial charge on any atom is -0.364 e. The Hall–Kier alpha value is -3.57. The van der Waals surface area contributed by atoms with Gasteiger partial charge in [-0.1, -0.05) is 17.3 Å². The first-order chi connectivity index (χ1) is 14.2. The molecule has 1 aromatic heterocycles. The number of carbonyl (C=O) groups is 2. The fourth-order valence-electron chi connectivity index (χ4n) is 2.72. The van der Waals surface area contributed by atoms with Crippen LogP contribution in [-0.2, 0) is 10.0 Å². The van der Waals surface area contributed by atoms with Crippen LogP contribution in [0.1, 0.15) is 39.4 Å². The quantitative estimate of drug-likeness (QED) is 0.506. The van der Waals surface area contributed by atoms with Crippen LogP contribution in [0.15, 0.2) is 59.6 Å². The van der Waals surface area contributed by atoms with E-state index in [-0.39, 0.29) is 16.5 Å². The normalized spacial score (nSPS) is 12.3. The molecular weight excluding hydrogens is 408 g/mol. The van der Waals surface area contributed by atoms with Crippen LogP contribution in [0.5, 0.6) is 0 Å². The summed E-state index contributed by atoms with van der Waals surface area (Å²) >= 11 is 0. The van der Waals surface area contributed by atoms with Gasteiger partial charge in [0.25, 0.3) is 11.8 Å². The lowest BCUT2D eigenvalue weighted by Crippen LogP contribution is -2.27. The molecule has 0 saturated carbocycles. The molecule has 30 heavy (non-hydrogen) atoms. The molecule has 0 fully saturated rings. The Kier molecular flexibility index (Phi) is 5.94. The molecule has 0 aliphatic carbocycles. The molecule has 2 amide bonds. The van der Waals surface area contributed by atoms with E-state index in [1.54, 1.807) is 31.2 Å². The smallest absolute Gasteiger partial charge is 0.270 e. The highest BCUT2D eigenvalue weighted by Crippen LogP contribution is 2.19. The van der Waals surface area contributed by atoms with Gasteiger partial charge in [0.15, 0.2) is 5.69 Å². The number of hydrogen-bond acceptors (Lipinski definition) is 6. The number of nitrogens with one attached hydrogen (secondary N) is 2. The summed E-state index contributed by atoms with van der Waals surface area (Å²) in [6.07, 6.45) is 1.41. The van der Waals surface area contributed by atoms with Crippen LogP contribution in [-0.4, -0.2) is 42.3 Å². The highest BCUT2D eigenvalue weighted by Gasteiger charge is 2.19. The number of primary amides is 1. The molecule has 0 radical (unpaired) electrons. The van der Waals surface area contributed by atoms with Gasteiger partial charge in [0.2, 0.25) is 10.0 Å². The second-order valence-electron chi connectivity index (χ2n) is 6.45. The van der Waals surface area contributed by atoms with Crippen LogP contribution in [0.4, 0.5) is 0 Å². The van der Waals surface area contributed by atoms with E-state index >= 15 is 0 Å². The molecule has 0 aliphatic heterocycles. The summed E-state index contributed by atoms with van der Waals surface area (Å²) in [4.78, 5) is 22.8. The number of amides is 2. The van der Waals surface area contributed by atoms with Gasteiger partial charge in [-0.25, -0.2) is 17.8 Å². The number of carbonyl (C=O) groups excluding carboxylic acids is 2. The Morgan fingerprint density at radius 1 is 1.07 bits per heavy atom. The van der Waals surface area contributed by atoms with Crippen molar-refractivity contribution < 1.29 is 18.0 Å². The third kappa shape index (κ3) is 4.53. The van der Waals surface area contributed by atoms with Gasteiger partial charge in [0.05, 0.1) is 16.8 Å². The van der Waals surface area contributed by atoms with Crippen molar-refractivity contribution >= 4 is 21.8 Å². The summed E-state index contributed by atoms with van der Waals surface area (Å²) < 4.78 is 29.3. The summed E-state index contributed by atoms with van der Waals surface area (Å²) in [6, 6.07) is 12.1. The van der Waals surface area contributed by atoms with Crippen LogP contribution >= 0.6 is 0 Å².